The topological polar surface area (TPSA) is 130 Å². The van der Waals surface area contributed by atoms with E-state index in [9.17, 15) is 24.6 Å². The Kier molecular flexibility index (Phi) is 9.32. The van der Waals surface area contributed by atoms with Gasteiger partial charge in [-0.25, -0.2) is 14.4 Å². The van der Waals surface area contributed by atoms with Crippen LogP contribution in [-0.4, -0.2) is 57.6 Å². The molecule has 0 unspecified atom stereocenters. The Morgan fingerprint density at radius 2 is 2.00 bits per heavy atom. The number of carbonyl (C=O) groups is 3. The van der Waals surface area contributed by atoms with Crippen LogP contribution in [0.4, 0.5) is 0 Å². The summed E-state index contributed by atoms with van der Waals surface area (Å²) in [4.78, 5) is 34.4. The van der Waals surface area contributed by atoms with E-state index in [1.165, 1.54) is 12.2 Å². The molecule has 0 spiro atoms. The van der Waals surface area contributed by atoms with Gasteiger partial charge < -0.3 is 24.8 Å². The standard InChI is InChI=1S/C18H24O8/c1-2-7-13-17(23)12(19)8-3-4-9-14(18(24)26-13)25-16(22)11-6-5-10-15(20)21/h3,5-6,8,10-14,17,19,23H,2,4,7,9H2,1H3,(H,20,21)/b8-3+,10-5+,11-6+/t12-,13-,14+,17-/m1/s1. The summed E-state index contributed by atoms with van der Waals surface area (Å²) in [5.41, 5.74) is 0. The maximum Gasteiger partial charge on any atom is 0.347 e. The van der Waals surface area contributed by atoms with Crippen LogP contribution >= 0.6 is 0 Å². The van der Waals surface area contributed by atoms with Gasteiger partial charge in [0.15, 0.2) is 6.10 Å². The van der Waals surface area contributed by atoms with Gasteiger partial charge in [-0.15, -0.1) is 0 Å². The van der Waals surface area contributed by atoms with E-state index < -0.39 is 42.3 Å². The Hall–Kier alpha value is -2.45. The zero-order valence-corrected chi connectivity index (χ0v) is 14.5. The molecule has 8 heteroatoms. The molecule has 0 aromatic carbocycles. The summed E-state index contributed by atoms with van der Waals surface area (Å²) in [5, 5.41) is 28.4. The average molecular weight is 368 g/mol. The Labute approximate surface area is 151 Å². The van der Waals surface area contributed by atoms with Crippen LogP contribution in [0.15, 0.2) is 36.5 Å². The van der Waals surface area contributed by atoms with Crippen molar-refractivity contribution in [1.82, 2.24) is 0 Å². The maximum atomic E-state index is 12.3. The summed E-state index contributed by atoms with van der Waals surface area (Å²) in [6.07, 6.45) is 4.12. The van der Waals surface area contributed by atoms with Crippen LogP contribution in [0.3, 0.4) is 0 Å². The number of carboxylic acids is 1. The number of aliphatic hydroxyl groups excluding tert-OH is 2. The molecule has 0 saturated heterocycles. The minimum Gasteiger partial charge on any atom is -0.478 e. The molecule has 1 aliphatic rings. The van der Waals surface area contributed by atoms with E-state index in [1.807, 2.05) is 6.92 Å². The Bertz CT molecular complexity index is 578. The van der Waals surface area contributed by atoms with Gasteiger partial charge in [0.2, 0.25) is 0 Å². The first kappa shape index (κ1) is 21.6. The first-order valence-corrected chi connectivity index (χ1v) is 8.36. The molecule has 26 heavy (non-hydrogen) atoms. The molecule has 144 valence electrons. The van der Waals surface area contributed by atoms with Gasteiger partial charge in [-0.3, -0.25) is 0 Å². The number of ether oxygens (including phenoxy) is 2. The van der Waals surface area contributed by atoms with E-state index in [0.29, 0.717) is 19.3 Å². The van der Waals surface area contributed by atoms with Gasteiger partial charge >= 0.3 is 17.9 Å². The van der Waals surface area contributed by atoms with E-state index in [4.69, 9.17) is 14.6 Å². The van der Waals surface area contributed by atoms with Crippen molar-refractivity contribution in [3.05, 3.63) is 36.5 Å². The summed E-state index contributed by atoms with van der Waals surface area (Å²) >= 11 is 0. The van der Waals surface area contributed by atoms with E-state index >= 15 is 0 Å². The third kappa shape index (κ3) is 7.62. The minimum atomic E-state index is -1.27. The molecular weight excluding hydrogens is 344 g/mol. The minimum absolute atomic E-state index is 0.154. The van der Waals surface area contributed by atoms with Gasteiger partial charge in [-0.05, 0) is 19.3 Å². The number of esters is 2. The van der Waals surface area contributed by atoms with Gasteiger partial charge in [0, 0.05) is 12.2 Å². The third-order valence-electron chi connectivity index (χ3n) is 3.60. The first-order valence-electron chi connectivity index (χ1n) is 8.36. The normalized spacial score (nSPS) is 28.7. The molecule has 1 aliphatic heterocycles. The fourth-order valence-electron chi connectivity index (χ4n) is 2.30. The zero-order valence-electron chi connectivity index (χ0n) is 14.5. The molecule has 0 bridgehead atoms. The smallest absolute Gasteiger partial charge is 0.347 e. The lowest BCUT2D eigenvalue weighted by atomic mass is 10.0. The molecule has 3 N–H and O–H groups in total. The highest BCUT2D eigenvalue weighted by Crippen LogP contribution is 2.17. The lowest BCUT2D eigenvalue weighted by Crippen LogP contribution is -2.42. The molecular formula is C18H24O8. The van der Waals surface area contributed by atoms with Crippen molar-refractivity contribution in [2.45, 2.75) is 57.0 Å². The number of rotatable bonds is 6. The average Bonchev–Trinajstić information content (AvgIpc) is 2.59. The van der Waals surface area contributed by atoms with Crippen LogP contribution in [0.5, 0.6) is 0 Å². The van der Waals surface area contributed by atoms with E-state index in [-0.39, 0.29) is 6.42 Å². The molecule has 0 radical (unpaired) electrons. The number of aliphatic hydroxyl groups is 2. The quantitative estimate of drug-likeness (QED) is 0.273. The maximum absolute atomic E-state index is 12.3. The van der Waals surface area contributed by atoms with E-state index in [1.54, 1.807) is 6.08 Å². The van der Waals surface area contributed by atoms with Crippen molar-refractivity contribution >= 4 is 17.9 Å². The van der Waals surface area contributed by atoms with Crippen LogP contribution in [0.1, 0.15) is 32.6 Å². The molecule has 4 atom stereocenters. The molecule has 1 rings (SSSR count). The fraction of sp³-hybridized carbons (Fsp3) is 0.500. The summed E-state index contributed by atoms with van der Waals surface area (Å²) < 4.78 is 10.3. The van der Waals surface area contributed by atoms with Gasteiger partial charge in [0.25, 0.3) is 0 Å². The highest BCUT2D eigenvalue weighted by atomic mass is 16.6. The number of carboxylic acid groups (broad SMARTS) is 1. The second-order valence-corrected chi connectivity index (χ2v) is 5.73. The summed E-state index contributed by atoms with van der Waals surface area (Å²) in [6, 6.07) is 0. The number of hydrogen-bond donors (Lipinski definition) is 3. The molecule has 1 heterocycles. The van der Waals surface area contributed by atoms with Crippen molar-refractivity contribution in [1.29, 1.82) is 0 Å². The molecule has 0 amide bonds. The van der Waals surface area contributed by atoms with Crippen LogP contribution in [0.25, 0.3) is 0 Å². The van der Waals surface area contributed by atoms with Crippen LogP contribution in [-0.2, 0) is 23.9 Å². The SMILES string of the molecule is CCC[C@H]1OC(=O)[C@@H](OC(=O)/C=C/C=C/C(=O)O)CC/C=C/[C@@H](O)[C@H]1O. The number of allylic oxidation sites excluding steroid dienone is 3. The fourth-order valence-corrected chi connectivity index (χ4v) is 2.30. The summed E-state index contributed by atoms with van der Waals surface area (Å²) in [5.74, 6) is -2.78. The molecule has 0 aromatic rings. The Morgan fingerprint density at radius 1 is 1.31 bits per heavy atom. The summed E-state index contributed by atoms with van der Waals surface area (Å²) in [6.45, 7) is 1.84. The Morgan fingerprint density at radius 3 is 2.65 bits per heavy atom. The van der Waals surface area contributed by atoms with Crippen LogP contribution in [0, 0.1) is 0 Å². The highest BCUT2D eigenvalue weighted by Gasteiger charge is 2.32. The molecule has 0 aliphatic carbocycles. The van der Waals surface area contributed by atoms with Crippen molar-refractivity contribution in [2.24, 2.45) is 0 Å². The monoisotopic (exact) mass is 368 g/mol. The lowest BCUT2D eigenvalue weighted by Gasteiger charge is -2.27. The predicted octanol–water partition coefficient (Wildman–Crippen LogP) is 0.879. The third-order valence-corrected chi connectivity index (χ3v) is 3.60. The Balaban J connectivity index is 2.80. The van der Waals surface area contributed by atoms with Crippen LogP contribution in [0.2, 0.25) is 0 Å². The number of hydrogen-bond acceptors (Lipinski definition) is 7. The largest absolute Gasteiger partial charge is 0.478 e. The zero-order chi connectivity index (χ0) is 19.5. The predicted molar refractivity (Wildman–Crippen MR) is 91.0 cm³/mol. The van der Waals surface area contributed by atoms with E-state index in [0.717, 1.165) is 18.2 Å². The van der Waals surface area contributed by atoms with Crippen molar-refractivity contribution in [2.75, 3.05) is 0 Å². The number of aliphatic carboxylic acids is 1. The molecule has 0 aromatic heterocycles. The van der Waals surface area contributed by atoms with Crippen LogP contribution < -0.4 is 0 Å². The van der Waals surface area contributed by atoms with Crippen molar-refractivity contribution < 1.29 is 39.2 Å². The van der Waals surface area contributed by atoms with Gasteiger partial charge in [-0.2, -0.15) is 0 Å². The summed E-state index contributed by atoms with van der Waals surface area (Å²) in [7, 11) is 0. The second-order valence-electron chi connectivity index (χ2n) is 5.73. The van der Waals surface area contributed by atoms with E-state index in [2.05, 4.69) is 0 Å². The number of cyclic esters (lactones) is 1. The van der Waals surface area contributed by atoms with Gasteiger partial charge in [0.05, 0.1) is 0 Å². The molecule has 0 fully saturated rings. The van der Waals surface area contributed by atoms with Crippen molar-refractivity contribution in [3.8, 4) is 0 Å². The second kappa shape index (κ2) is 11.2. The molecule has 0 saturated carbocycles. The van der Waals surface area contributed by atoms with Gasteiger partial charge in [0.1, 0.15) is 18.3 Å². The number of carbonyl (C=O) groups excluding carboxylic acids is 2. The molecule has 8 nitrogen and oxygen atoms in total. The first-order chi connectivity index (χ1) is 12.3. The lowest BCUT2D eigenvalue weighted by molar-refractivity contribution is -0.176. The highest BCUT2D eigenvalue weighted by molar-refractivity contribution is 5.86. The van der Waals surface area contributed by atoms with Crippen molar-refractivity contribution in [3.63, 3.8) is 0 Å². The van der Waals surface area contributed by atoms with Gasteiger partial charge in [-0.1, -0.05) is 37.6 Å².